The van der Waals surface area contributed by atoms with Crippen molar-refractivity contribution < 1.29 is 9.59 Å². The predicted octanol–water partition coefficient (Wildman–Crippen LogP) is 4.79. The highest BCUT2D eigenvalue weighted by Gasteiger charge is 2.36. The molecule has 4 aliphatic rings. The first-order valence-electron chi connectivity index (χ1n) is 14.3. The monoisotopic (exact) mass is 490 g/mol. The number of likely N-dealkylation sites (tertiary alicyclic amines) is 2. The van der Waals surface area contributed by atoms with Crippen LogP contribution in [-0.2, 0) is 0 Å². The molecule has 2 aliphatic heterocycles. The van der Waals surface area contributed by atoms with Crippen LogP contribution in [0.15, 0.2) is 41.1 Å². The molecule has 0 saturated carbocycles. The molecule has 2 N–H and O–H groups in total. The van der Waals surface area contributed by atoms with Crippen molar-refractivity contribution in [3.63, 3.8) is 0 Å². The second kappa shape index (κ2) is 12.2. The number of piperidine rings is 2. The molecule has 0 atom stereocenters. The fourth-order valence-corrected chi connectivity index (χ4v) is 6.23. The molecule has 2 aliphatic carbocycles. The van der Waals surface area contributed by atoms with Crippen LogP contribution in [0.5, 0.6) is 0 Å². The summed E-state index contributed by atoms with van der Waals surface area (Å²) in [5, 5.41) is 7.00. The molecule has 0 amide bonds. The van der Waals surface area contributed by atoms with Crippen molar-refractivity contribution >= 4 is 17.3 Å². The molecule has 0 aromatic heterocycles. The topological polar surface area (TPSA) is 64.7 Å². The van der Waals surface area contributed by atoms with E-state index in [1.807, 2.05) is 18.2 Å². The van der Waals surface area contributed by atoms with Gasteiger partial charge in [0.05, 0.1) is 11.1 Å². The smallest absolute Gasteiger partial charge is 0.196 e. The number of hydrogen-bond donors (Lipinski definition) is 2. The van der Waals surface area contributed by atoms with Gasteiger partial charge >= 0.3 is 0 Å². The van der Waals surface area contributed by atoms with Gasteiger partial charge in [-0.15, -0.1) is 0 Å². The van der Waals surface area contributed by atoms with Crippen molar-refractivity contribution in [3.8, 4) is 0 Å². The van der Waals surface area contributed by atoms with Crippen molar-refractivity contribution in [1.82, 2.24) is 15.1 Å². The molecule has 2 saturated heterocycles. The van der Waals surface area contributed by atoms with Gasteiger partial charge in [-0.3, -0.25) is 9.59 Å². The zero-order valence-electron chi connectivity index (χ0n) is 21.7. The van der Waals surface area contributed by atoms with Crippen LogP contribution in [-0.4, -0.2) is 73.7 Å². The summed E-state index contributed by atoms with van der Waals surface area (Å²) in [6, 6.07) is 5.68. The second-order valence-corrected chi connectivity index (χ2v) is 10.8. The summed E-state index contributed by atoms with van der Waals surface area (Å²) in [7, 11) is 0. The maximum Gasteiger partial charge on any atom is 0.196 e. The van der Waals surface area contributed by atoms with Crippen LogP contribution in [0.25, 0.3) is 0 Å². The minimum Gasteiger partial charge on any atom is -0.385 e. The SMILES string of the molecule is O=C1C2=C(CCC=C2NCCCN2CCCCC2)C(=O)c2c(NCCCN3CCCCC3)cccc21. The maximum atomic E-state index is 13.7. The van der Waals surface area contributed by atoms with Crippen LogP contribution in [0.1, 0.15) is 84.9 Å². The molecular weight excluding hydrogens is 448 g/mol. The third-order valence-electron chi connectivity index (χ3n) is 8.18. The summed E-state index contributed by atoms with van der Waals surface area (Å²) in [6.45, 7) is 8.62. The van der Waals surface area contributed by atoms with Crippen molar-refractivity contribution in [2.45, 2.75) is 64.2 Å². The largest absolute Gasteiger partial charge is 0.385 e. The molecule has 2 heterocycles. The van der Waals surface area contributed by atoms with Gasteiger partial charge in [0.25, 0.3) is 0 Å². The minimum atomic E-state index is -0.00829. The molecule has 36 heavy (non-hydrogen) atoms. The Morgan fingerprint density at radius 2 is 1.39 bits per heavy atom. The molecule has 0 radical (unpaired) electrons. The van der Waals surface area contributed by atoms with Gasteiger partial charge < -0.3 is 20.4 Å². The van der Waals surface area contributed by atoms with Crippen molar-refractivity contribution in [2.75, 3.05) is 57.7 Å². The zero-order valence-corrected chi connectivity index (χ0v) is 21.7. The lowest BCUT2D eigenvalue weighted by atomic mass is 9.78. The summed E-state index contributed by atoms with van der Waals surface area (Å²) < 4.78 is 0. The van der Waals surface area contributed by atoms with Gasteiger partial charge in [0.15, 0.2) is 11.6 Å². The number of rotatable bonds is 10. The number of carbonyl (C=O) groups is 2. The summed E-state index contributed by atoms with van der Waals surface area (Å²) in [5.74, 6) is 0.0190. The van der Waals surface area contributed by atoms with Gasteiger partial charge in [0.1, 0.15) is 0 Å². The predicted molar refractivity (Wildman–Crippen MR) is 146 cm³/mol. The van der Waals surface area contributed by atoms with Gasteiger partial charge in [0.2, 0.25) is 0 Å². The van der Waals surface area contributed by atoms with E-state index in [1.54, 1.807) is 0 Å². The van der Waals surface area contributed by atoms with E-state index in [9.17, 15) is 9.59 Å². The van der Waals surface area contributed by atoms with Gasteiger partial charge in [-0.2, -0.15) is 0 Å². The number of ketones is 2. The Morgan fingerprint density at radius 3 is 2.06 bits per heavy atom. The lowest BCUT2D eigenvalue weighted by molar-refractivity contribution is 0.0972. The Morgan fingerprint density at radius 1 is 0.750 bits per heavy atom. The standard InChI is InChI=1S/C30H42N4O2/c35-29-24-12-8-14-26(32-16-10-22-34-19-5-2-6-20-34)28(24)30(36)23-11-7-13-25(27(23)29)31-15-9-21-33-17-3-1-4-18-33/h7,11,13-14,31-32H,1-6,8-10,12,15-22H2. The molecule has 2 fully saturated rings. The first kappa shape index (κ1) is 25.2. The number of nitrogens with one attached hydrogen (secondary N) is 2. The molecule has 1 aromatic carbocycles. The van der Waals surface area contributed by atoms with Crippen LogP contribution in [0.3, 0.4) is 0 Å². The number of benzene rings is 1. The summed E-state index contributed by atoms with van der Waals surface area (Å²) in [6.07, 6.45) is 13.6. The molecule has 0 bridgehead atoms. The molecule has 1 aromatic rings. The Hall–Kier alpha value is -2.44. The lowest BCUT2D eigenvalue weighted by Gasteiger charge is -2.29. The molecule has 6 nitrogen and oxygen atoms in total. The number of anilines is 1. The Balaban J connectivity index is 1.21. The van der Waals surface area contributed by atoms with E-state index in [2.05, 4.69) is 26.5 Å². The number of carbonyl (C=O) groups excluding carboxylic acids is 2. The first-order chi connectivity index (χ1) is 17.7. The summed E-state index contributed by atoms with van der Waals surface area (Å²) in [5.41, 5.74) is 4.09. The van der Waals surface area contributed by atoms with Crippen LogP contribution in [0.2, 0.25) is 0 Å². The Bertz CT molecular complexity index is 1020. The van der Waals surface area contributed by atoms with Crippen LogP contribution in [0.4, 0.5) is 5.69 Å². The first-order valence-corrected chi connectivity index (χ1v) is 14.3. The van der Waals surface area contributed by atoms with Crippen LogP contribution in [0, 0.1) is 0 Å². The summed E-state index contributed by atoms with van der Waals surface area (Å²) in [4.78, 5) is 32.4. The van der Waals surface area contributed by atoms with Gasteiger partial charge in [-0.25, -0.2) is 0 Å². The quantitative estimate of drug-likeness (QED) is 0.460. The highest BCUT2D eigenvalue weighted by molar-refractivity contribution is 6.30. The third kappa shape index (κ3) is 5.76. The van der Waals surface area contributed by atoms with Crippen molar-refractivity contribution in [1.29, 1.82) is 0 Å². The molecular formula is C30H42N4O2. The van der Waals surface area contributed by atoms with E-state index in [0.717, 1.165) is 56.8 Å². The second-order valence-electron chi connectivity index (χ2n) is 10.8. The summed E-state index contributed by atoms with van der Waals surface area (Å²) >= 11 is 0. The van der Waals surface area contributed by atoms with E-state index >= 15 is 0 Å². The molecule has 0 spiro atoms. The van der Waals surface area contributed by atoms with Gasteiger partial charge in [0, 0.05) is 35.6 Å². The van der Waals surface area contributed by atoms with Crippen LogP contribution < -0.4 is 10.6 Å². The molecule has 0 unspecified atom stereocenters. The zero-order chi connectivity index (χ0) is 24.7. The number of allylic oxidation sites excluding steroid dienone is 3. The average Bonchev–Trinajstić information content (AvgIpc) is 2.93. The van der Waals surface area contributed by atoms with Crippen molar-refractivity contribution in [3.05, 3.63) is 52.2 Å². The minimum absolute atomic E-state index is 0.00829. The Kier molecular flexibility index (Phi) is 8.55. The fraction of sp³-hybridized carbons (Fsp3) is 0.600. The number of hydrogen-bond acceptors (Lipinski definition) is 6. The third-order valence-corrected chi connectivity index (χ3v) is 8.18. The number of nitrogens with zero attached hydrogens (tertiary/aromatic N) is 2. The average molecular weight is 491 g/mol. The molecule has 5 rings (SSSR count). The fourth-order valence-electron chi connectivity index (χ4n) is 6.23. The van der Waals surface area contributed by atoms with E-state index in [1.165, 1.54) is 64.7 Å². The molecule has 6 heteroatoms. The van der Waals surface area contributed by atoms with Gasteiger partial charge in [-0.1, -0.05) is 31.1 Å². The maximum absolute atomic E-state index is 13.7. The number of Topliss-reactive ketones (excluding diaryl/α,β-unsaturated/α-hetero) is 2. The highest BCUT2D eigenvalue weighted by atomic mass is 16.1. The highest BCUT2D eigenvalue weighted by Crippen LogP contribution is 2.37. The lowest BCUT2D eigenvalue weighted by Crippen LogP contribution is -2.33. The normalized spacial score (nSPS) is 21.2. The van der Waals surface area contributed by atoms with E-state index < -0.39 is 0 Å². The van der Waals surface area contributed by atoms with E-state index in [4.69, 9.17) is 0 Å². The van der Waals surface area contributed by atoms with E-state index in [-0.39, 0.29) is 11.6 Å². The molecule has 194 valence electrons. The van der Waals surface area contributed by atoms with E-state index in [0.29, 0.717) is 28.7 Å². The number of fused-ring (bicyclic) bond motifs is 1. The van der Waals surface area contributed by atoms with Gasteiger partial charge in [-0.05, 0) is 96.7 Å². The van der Waals surface area contributed by atoms with Crippen LogP contribution >= 0.6 is 0 Å². The van der Waals surface area contributed by atoms with Crippen molar-refractivity contribution in [2.24, 2.45) is 0 Å². The Labute approximate surface area is 216 Å².